The molecule has 1 aromatic heterocycles. The fourth-order valence-electron chi connectivity index (χ4n) is 2.46. The molecule has 0 amide bonds. The number of hydrogen-bond donors (Lipinski definition) is 1. The van der Waals surface area contributed by atoms with Crippen LogP contribution in [0.1, 0.15) is 11.3 Å². The molecular formula is C14H15BrN2O2S2. The Morgan fingerprint density at radius 2 is 2.10 bits per heavy atom. The standard InChI is InChI=1S/C14H15BrN2O2S2/c1-10-13(9-14(15)20-10)21(18,19)17-8-4-7-16-11-5-2-3-6-12(11)17/h2-3,5-6,9,16H,4,7-8H2,1H3. The van der Waals surface area contributed by atoms with Crippen molar-refractivity contribution in [2.75, 3.05) is 22.7 Å². The summed E-state index contributed by atoms with van der Waals surface area (Å²) >= 11 is 4.81. The summed E-state index contributed by atoms with van der Waals surface area (Å²) in [7, 11) is -3.53. The number of nitrogens with zero attached hydrogens (tertiary/aromatic N) is 1. The summed E-state index contributed by atoms with van der Waals surface area (Å²) < 4.78 is 28.4. The minimum atomic E-state index is -3.53. The number of benzene rings is 1. The van der Waals surface area contributed by atoms with Crippen LogP contribution >= 0.6 is 27.3 Å². The van der Waals surface area contributed by atoms with E-state index in [2.05, 4.69) is 21.2 Å². The van der Waals surface area contributed by atoms with E-state index in [-0.39, 0.29) is 0 Å². The summed E-state index contributed by atoms with van der Waals surface area (Å²) in [6.07, 6.45) is 0.776. The zero-order valence-corrected chi connectivity index (χ0v) is 14.7. The highest BCUT2D eigenvalue weighted by molar-refractivity contribution is 9.11. The summed E-state index contributed by atoms with van der Waals surface area (Å²) in [5, 5.41) is 3.29. The van der Waals surface area contributed by atoms with Crippen molar-refractivity contribution >= 4 is 48.7 Å². The smallest absolute Gasteiger partial charge is 0.265 e. The van der Waals surface area contributed by atoms with E-state index in [0.29, 0.717) is 11.4 Å². The first-order valence-electron chi connectivity index (χ1n) is 6.62. The van der Waals surface area contributed by atoms with Crippen LogP contribution in [0.4, 0.5) is 11.4 Å². The molecule has 3 rings (SSSR count). The number of para-hydroxylation sites is 2. The van der Waals surface area contributed by atoms with Gasteiger partial charge in [-0.25, -0.2) is 8.42 Å². The lowest BCUT2D eigenvalue weighted by molar-refractivity contribution is 0.590. The number of halogens is 1. The molecule has 0 saturated carbocycles. The largest absolute Gasteiger partial charge is 0.383 e. The van der Waals surface area contributed by atoms with Gasteiger partial charge < -0.3 is 5.32 Å². The van der Waals surface area contributed by atoms with Crippen molar-refractivity contribution in [3.63, 3.8) is 0 Å². The van der Waals surface area contributed by atoms with Gasteiger partial charge in [0.2, 0.25) is 0 Å². The molecule has 0 spiro atoms. The van der Waals surface area contributed by atoms with Gasteiger partial charge in [-0.2, -0.15) is 0 Å². The Morgan fingerprint density at radius 1 is 1.33 bits per heavy atom. The van der Waals surface area contributed by atoms with E-state index < -0.39 is 10.0 Å². The number of fused-ring (bicyclic) bond motifs is 1. The summed E-state index contributed by atoms with van der Waals surface area (Å²) in [6.45, 7) is 3.10. The molecule has 4 nitrogen and oxygen atoms in total. The van der Waals surface area contributed by atoms with Crippen molar-refractivity contribution in [1.29, 1.82) is 0 Å². The number of rotatable bonds is 2. The van der Waals surface area contributed by atoms with Crippen LogP contribution in [0.25, 0.3) is 0 Å². The summed E-state index contributed by atoms with van der Waals surface area (Å²) in [5.74, 6) is 0. The van der Waals surface area contributed by atoms with Crippen LogP contribution in [0.2, 0.25) is 0 Å². The first-order chi connectivity index (χ1) is 10.00. The molecule has 1 aliphatic heterocycles. The number of nitrogens with one attached hydrogen (secondary N) is 1. The first-order valence-corrected chi connectivity index (χ1v) is 9.66. The number of sulfonamides is 1. The number of anilines is 2. The fraction of sp³-hybridized carbons (Fsp3) is 0.286. The quantitative estimate of drug-likeness (QED) is 0.852. The highest BCUT2D eigenvalue weighted by Gasteiger charge is 2.30. The predicted molar refractivity (Wildman–Crippen MR) is 90.8 cm³/mol. The normalized spacial score (nSPS) is 15.2. The van der Waals surface area contributed by atoms with Crippen LogP contribution < -0.4 is 9.62 Å². The zero-order chi connectivity index (χ0) is 15.0. The maximum absolute atomic E-state index is 13.0. The van der Waals surface area contributed by atoms with E-state index in [9.17, 15) is 8.42 Å². The van der Waals surface area contributed by atoms with Gasteiger partial charge in [-0.05, 0) is 47.5 Å². The second kappa shape index (κ2) is 5.62. The van der Waals surface area contributed by atoms with Crippen molar-refractivity contribution in [2.24, 2.45) is 0 Å². The Bertz CT molecular complexity index is 771. The van der Waals surface area contributed by atoms with E-state index in [1.165, 1.54) is 15.6 Å². The van der Waals surface area contributed by atoms with Crippen molar-refractivity contribution in [3.8, 4) is 0 Å². The molecule has 0 saturated heterocycles. The molecule has 2 aromatic rings. The molecule has 7 heteroatoms. The second-order valence-electron chi connectivity index (χ2n) is 4.85. The van der Waals surface area contributed by atoms with Gasteiger partial charge in [-0.3, -0.25) is 4.31 Å². The van der Waals surface area contributed by atoms with Gasteiger partial charge in [0, 0.05) is 18.0 Å². The molecule has 0 bridgehead atoms. The lowest BCUT2D eigenvalue weighted by Crippen LogP contribution is -2.31. The minimum Gasteiger partial charge on any atom is -0.383 e. The van der Waals surface area contributed by atoms with E-state index in [0.717, 1.165) is 33.0 Å². The van der Waals surface area contributed by atoms with E-state index >= 15 is 0 Å². The van der Waals surface area contributed by atoms with Gasteiger partial charge in [-0.1, -0.05) is 12.1 Å². The van der Waals surface area contributed by atoms with E-state index in [1.54, 1.807) is 6.07 Å². The molecule has 1 N–H and O–H groups in total. The molecule has 112 valence electrons. The van der Waals surface area contributed by atoms with Crippen LogP contribution in [0.3, 0.4) is 0 Å². The van der Waals surface area contributed by atoms with Gasteiger partial charge in [0.15, 0.2) is 0 Å². The van der Waals surface area contributed by atoms with Crippen LogP contribution in [-0.2, 0) is 10.0 Å². The van der Waals surface area contributed by atoms with Crippen molar-refractivity contribution in [2.45, 2.75) is 18.2 Å². The fourth-order valence-corrected chi connectivity index (χ4v) is 6.37. The lowest BCUT2D eigenvalue weighted by Gasteiger charge is -2.23. The molecule has 0 aliphatic carbocycles. The molecule has 1 aliphatic rings. The van der Waals surface area contributed by atoms with Crippen LogP contribution in [0, 0.1) is 6.92 Å². The third kappa shape index (κ3) is 2.69. The van der Waals surface area contributed by atoms with Crippen molar-refractivity contribution < 1.29 is 8.42 Å². The highest BCUT2D eigenvalue weighted by atomic mass is 79.9. The SMILES string of the molecule is Cc1sc(Br)cc1S(=O)(=O)N1CCCNc2ccccc21. The Hall–Kier alpha value is -1.05. The topological polar surface area (TPSA) is 49.4 Å². The van der Waals surface area contributed by atoms with E-state index in [4.69, 9.17) is 0 Å². The monoisotopic (exact) mass is 386 g/mol. The molecule has 21 heavy (non-hydrogen) atoms. The van der Waals surface area contributed by atoms with Gasteiger partial charge >= 0.3 is 0 Å². The third-order valence-corrected chi connectivity index (χ3v) is 7.06. The lowest BCUT2D eigenvalue weighted by atomic mass is 10.2. The van der Waals surface area contributed by atoms with Gasteiger partial charge in [-0.15, -0.1) is 11.3 Å². The highest BCUT2D eigenvalue weighted by Crippen LogP contribution is 2.36. The van der Waals surface area contributed by atoms with Crippen LogP contribution in [0.15, 0.2) is 39.0 Å². The predicted octanol–water partition coefficient (Wildman–Crippen LogP) is 3.83. The number of aryl methyl sites for hydroxylation is 1. The Kier molecular flexibility index (Phi) is 3.98. The Balaban J connectivity index is 2.13. The maximum atomic E-state index is 13.0. The summed E-state index contributed by atoms with van der Waals surface area (Å²) in [5.41, 5.74) is 1.59. The van der Waals surface area contributed by atoms with Gasteiger partial charge in [0.1, 0.15) is 4.90 Å². The minimum absolute atomic E-state index is 0.385. The number of hydrogen-bond acceptors (Lipinski definition) is 4. The molecule has 0 fully saturated rings. The molecule has 0 unspecified atom stereocenters. The molecule has 0 radical (unpaired) electrons. The van der Waals surface area contributed by atoms with Crippen LogP contribution in [0.5, 0.6) is 0 Å². The molecule has 0 atom stereocenters. The van der Waals surface area contributed by atoms with Gasteiger partial charge in [0.25, 0.3) is 10.0 Å². The third-order valence-electron chi connectivity index (χ3n) is 3.44. The van der Waals surface area contributed by atoms with E-state index in [1.807, 2.05) is 31.2 Å². The van der Waals surface area contributed by atoms with Crippen molar-refractivity contribution in [3.05, 3.63) is 39.0 Å². The average Bonchev–Trinajstić information content (AvgIpc) is 2.68. The van der Waals surface area contributed by atoms with Crippen LogP contribution in [-0.4, -0.2) is 21.5 Å². The molecule has 1 aromatic carbocycles. The van der Waals surface area contributed by atoms with Gasteiger partial charge in [0.05, 0.1) is 15.2 Å². The molecular weight excluding hydrogens is 372 g/mol. The summed E-state index contributed by atoms with van der Waals surface area (Å²) in [6, 6.07) is 9.23. The maximum Gasteiger partial charge on any atom is 0.265 e. The number of thiophene rings is 1. The average molecular weight is 387 g/mol. The Morgan fingerprint density at radius 3 is 2.81 bits per heavy atom. The summed E-state index contributed by atoms with van der Waals surface area (Å²) in [4.78, 5) is 1.19. The van der Waals surface area contributed by atoms with Crippen molar-refractivity contribution in [1.82, 2.24) is 0 Å². The Labute approximate surface area is 137 Å². The second-order valence-corrected chi connectivity index (χ2v) is 9.31. The molecule has 2 heterocycles. The first kappa shape index (κ1) is 14.9. The zero-order valence-electron chi connectivity index (χ0n) is 11.5.